The molecule has 3 rings (SSSR count). The van der Waals surface area contributed by atoms with Crippen LogP contribution >= 0.6 is 23.1 Å². The topological polar surface area (TPSA) is 42.9 Å². The van der Waals surface area contributed by atoms with Gasteiger partial charge in [-0.1, -0.05) is 59.5 Å². The SMILES string of the molecule is O=C(CSc1nncs1)c1ccc2ccccc2c1. The average molecular weight is 286 g/mol. The molecule has 94 valence electrons. The maximum Gasteiger partial charge on any atom is 0.174 e. The zero-order valence-corrected chi connectivity index (χ0v) is 11.6. The Morgan fingerprint density at radius 2 is 2.00 bits per heavy atom. The lowest BCUT2D eigenvalue weighted by molar-refractivity contribution is 0.102. The fourth-order valence-corrected chi connectivity index (χ4v) is 3.18. The maximum absolute atomic E-state index is 12.1. The predicted molar refractivity (Wildman–Crippen MR) is 78.9 cm³/mol. The van der Waals surface area contributed by atoms with Gasteiger partial charge < -0.3 is 0 Å². The predicted octanol–water partition coefficient (Wildman–Crippen LogP) is 3.67. The van der Waals surface area contributed by atoms with Crippen LogP contribution in [-0.2, 0) is 0 Å². The van der Waals surface area contributed by atoms with Crippen LogP contribution in [0.2, 0.25) is 0 Å². The van der Waals surface area contributed by atoms with Gasteiger partial charge in [0.05, 0.1) is 5.75 Å². The number of carbonyl (C=O) groups is 1. The fourth-order valence-electron chi connectivity index (χ4n) is 1.80. The van der Waals surface area contributed by atoms with E-state index in [4.69, 9.17) is 0 Å². The van der Waals surface area contributed by atoms with Crippen LogP contribution in [0.3, 0.4) is 0 Å². The van der Waals surface area contributed by atoms with E-state index in [1.807, 2.05) is 42.5 Å². The molecule has 1 heterocycles. The van der Waals surface area contributed by atoms with E-state index >= 15 is 0 Å². The number of nitrogens with zero attached hydrogens (tertiary/aromatic N) is 2. The molecule has 5 heteroatoms. The minimum atomic E-state index is 0.117. The molecule has 2 aromatic carbocycles. The van der Waals surface area contributed by atoms with Crippen LogP contribution in [0.25, 0.3) is 10.8 Å². The number of fused-ring (bicyclic) bond motifs is 1. The van der Waals surface area contributed by atoms with E-state index in [0.717, 1.165) is 20.7 Å². The van der Waals surface area contributed by atoms with Crippen LogP contribution in [0, 0.1) is 0 Å². The zero-order chi connectivity index (χ0) is 13.1. The number of hydrogen-bond donors (Lipinski definition) is 0. The number of thioether (sulfide) groups is 1. The highest BCUT2D eigenvalue weighted by Gasteiger charge is 2.08. The summed E-state index contributed by atoms with van der Waals surface area (Å²) in [7, 11) is 0. The van der Waals surface area contributed by atoms with Crippen molar-refractivity contribution in [2.75, 3.05) is 5.75 Å². The summed E-state index contributed by atoms with van der Waals surface area (Å²) in [6.45, 7) is 0. The molecule has 3 aromatic rings. The summed E-state index contributed by atoms with van der Waals surface area (Å²) in [6, 6.07) is 13.8. The number of Topliss-reactive ketones (excluding diaryl/α,β-unsaturated/α-hetero) is 1. The Kier molecular flexibility index (Phi) is 3.57. The summed E-state index contributed by atoms with van der Waals surface area (Å²) in [4.78, 5) is 12.1. The van der Waals surface area contributed by atoms with Crippen molar-refractivity contribution in [1.82, 2.24) is 10.2 Å². The number of hydrogen-bond acceptors (Lipinski definition) is 5. The first-order valence-corrected chi connectivity index (χ1v) is 7.60. The van der Waals surface area contributed by atoms with Gasteiger partial charge in [-0.25, -0.2) is 0 Å². The Labute approximate surface area is 118 Å². The van der Waals surface area contributed by atoms with Crippen molar-refractivity contribution in [2.45, 2.75) is 4.34 Å². The Morgan fingerprint density at radius 3 is 2.79 bits per heavy atom. The van der Waals surface area contributed by atoms with Crippen LogP contribution in [0.4, 0.5) is 0 Å². The Hall–Kier alpha value is -1.72. The molecule has 1 aromatic heterocycles. The Bertz CT molecular complexity index is 710. The van der Waals surface area contributed by atoms with E-state index in [0.29, 0.717) is 5.75 Å². The molecule has 0 bridgehead atoms. The van der Waals surface area contributed by atoms with E-state index in [1.54, 1.807) is 5.51 Å². The molecule has 19 heavy (non-hydrogen) atoms. The molecule has 3 nitrogen and oxygen atoms in total. The van der Waals surface area contributed by atoms with Gasteiger partial charge in [-0.3, -0.25) is 4.79 Å². The molecule has 0 amide bonds. The van der Waals surface area contributed by atoms with Crippen molar-refractivity contribution in [3.8, 4) is 0 Å². The highest BCUT2D eigenvalue weighted by molar-refractivity contribution is 8.01. The summed E-state index contributed by atoms with van der Waals surface area (Å²) in [5, 5.41) is 9.90. The molecule has 0 aliphatic rings. The first-order chi connectivity index (χ1) is 9.33. The molecule has 0 unspecified atom stereocenters. The summed E-state index contributed by atoms with van der Waals surface area (Å²) < 4.78 is 0.828. The van der Waals surface area contributed by atoms with Crippen LogP contribution in [0.1, 0.15) is 10.4 Å². The molecule has 0 spiro atoms. The molecule has 0 saturated carbocycles. The van der Waals surface area contributed by atoms with Crippen molar-refractivity contribution in [3.05, 3.63) is 53.5 Å². The van der Waals surface area contributed by atoms with Crippen molar-refractivity contribution >= 4 is 39.7 Å². The number of carbonyl (C=O) groups excluding carboxylic acids is 1. The Morgan fingerprint density at radius 1 is 1.16 bits per heavy atom. The lowest BCUT2D eigenvalue weighted by atomic mass is 10.1. The second-order valence-corrected chi connectivity index (χ2v) is 6.03. The standard InChI is InChI=1S/C14H10N2OS2/c17-13(8-18-14-16-15-9-19-14)12-6-5-10-3-1-2-4-11(10)7-12/h1-7,9H,8H2. The first-order valence-electron chi connectivity index (χ1n) is 5.74. The highest BCUT2D eigenvalue weighted by atomic mass is 32.2. The smallest absolute Gasteiger partial charge is 0.174 e. The summed E-state index contributed by atoms with van der Waals surface area (Å²) in [5.41, 5.74) is 2.42. The van der Waals surface area contributed by atoms with Gasteiger partial charge in [0.15, 0.2) is 10.1 Å². The second kappa shape index (κ2) is 5.50. The molecule has 0 atom stereocenters. The normalized spacial score (nSPS) is 10.7. The van der Waals surface area contributed by atoms with E-state index in [9.17, 15) is 4.79 Å². The monoisotopic (exact) mass is 286 g/mol. The van der Waals surface area contributed by atoms with Crippen LogP contribution < -0.4 is 0 Å². The van der Waals surface area contributed by atoms with Gasteiger partial charge in [-0.15, -0.1) is 10.2 Å². The summed E-state index contributed by atoms with van der Waals surface area (Å²) in [5.74, 6) is 0.513. The minimum absolute atomic E-state index is 0.117. The van der Waals surface area contributed by atoms with Crippen molar-refractivity contribution < 1.29 is 4.79 Å². The average Bonchev–Trinajstić information content (AvgIpc) is 2.97. The van der Waals surface area contributed by atoms with E-state index in [-0.39, 0.29) is 5.78 Å². The molecule has 0 radical (unpaired) electrons. The highest BCUT2D eigenvalue weighted by Crippen LogP contribution is 2.21. The number of benzene rings is 2. The van der Waals surface area contributed by atoms with Crippen LogP contribution in [0.15, 0.2) is 52.3 Å². The molecule has 0 aliphatic carbocycles. The largest absolute Gasteiger partial charge is 0.293 e. The molecule has 0 saturated heterocycles. The third-order valence-electron chi connectivity index (χ3n) is 2.74. The number of aromatic nitrogens is 2. The quantitative estimate of drug-likeness (QED) is 0.542. The molecular weight excluding hydrogens is 276 g/mol. The molecule has 0 N–H and O–H groups in total. The van der Waals surface area contributed by atoms with Gasteiger partial charge in [0.2, 0.25) is 0 Å². The van der Waals surface area contributed by atoms with Crippen molar-refractivity contribution in [3.63, 3.8) is 0 Å². The van der Waals surface area contributed by atoms with E-state index in [2.05, 4.69) is 10.2 Å². The van der Waals surface area contributed by atoms with Gasteiger partial charge in [0.1, 0.15) is 5.51 Å². The van der Waals surface area contributed by atoms with Crippen molar-refractivity contribution in [1.29, 1.82) is 0 Å². The van der Waals surface area contributed by atoms with Crippen LogP contribution in [0.5, 0.6) is 0 Å². The lowest BCUT2D eigenvalue weighted by Gasteiger charge is -2.02. The summed E-state index contributed by atoms with van der Waals surface area (Å²) in [6.07, 6.45) is 0. The minimum Gasteiger partial charge on any atom is -0.293 e. The molecular formula is C14H10N2OS2. The van der Waals surface area contributed by atoms with E-state index in [1.165, 1.54) is 23.1 Å². The van der Waals surface area contributed by atoms with Gasteiger partial charge in [-0.2, -0.15) is 0 Å². The Balaban J connectivity index is 1.77. The first kappa shape index (κ1) is 12.3. The molecule has 0 aliphatic heterocycles. The summed E-state index contributed by atoms with van der Waals surface area (Å²) >= 11 is 2.88. The van der Waals surface area contributed by atoms with Gasteiger partial charge in [0.25, 0.3) is 0 Å². The van der Waals surface area contributed by atoms with Gasteiger partial charge in [0, 0.05) is 5.56 Å². The maximum atomic E-state index is 12.1. The van der Waals surface area contributed by atoms with Gasteiger partial charge >= 0.3 is 0 Å². The van der Waals surface area contributed by atoms with Gasteiger partial charge in [-0.05, 0) is 16.8 Å². The number of ketones is 1. The van der Waals surface area contributed by atoms with Crippen molar-refractivity contribution in [2.24, 2.45) is 0 Å². The fraction of sp³-hybridized carbons (Fsp3) is 0.0714. The third kappa shape index (κ3) is 2.83. The molecule has 0 fully saturated rings. The van der Waals surface area contributed by atoms with Crippen LogP contribution in [-0.4, -0.2) is 21.7 Å². The lowest BCUT2D eigenvalue weighted by Crippen LogP contribution is -2.02. The third-order valence-corrected chi connectivity index (χ3v) is 4.60. The second-order valence-electron chi connectivity index (χ2n) is 3.98. The van der Waals surface area contributed by atoms with E-state index < -0.39 is 0 Å². The zero-order valence-electron chi connectivity index (χ0n) is 9.95. The number of rotatable bonds is 4.